The summed E-state index contributed by atoms with van der Waals surface area (Å²) < 4.78 is 4.64. The Hall–Kier alpha value is -2.20. The van der Waals surface area contributed by atoms with Gasteiger partial charge in [0.1, 0.15) is 6.04 Å². The summed E-state index contributed by atoms with van der Waals surface area (Å²) in [6.45, 7) is 2.15. The summed E-state index contributed by atoms with van der Waals surface area (Å²) in [6, 6.07) is 11.6. The van der Waals surface area contributed by atoms with E-state index in [0.29, 0.717) is 6.42 Å². The molecule has 0 aliphatic heterocycles. The van der Waals surface area contributed by atoms with Gasteiger partial charge in [0, 0.05) is 11.9 Å². The van der Waals surface area contributed by atoms with E-state index >= 15 is 0 Å². The van der Waals surface area contributed by atoms with Crippen molar-refractivity contribution in [3.05, 3.63) is 53.9 Å². The summed E-state index contributed by atoms with van der Waals surface area (Å²) in [6.07, 6.45) is 4.40. The number of aromatic nitrogens is 1. The van der Waals surface area contributed by atoms with Gasteiger partial charge >= 0.3 is 5.97 Å². The summed E-state index contributed by atoms with van der Waals surface area (Å²) in [5, 5.41) is 0. The molecule has 0 aliphatic carbocycles. The number of hydrogen-bond donors (Lipinski definition) is 1. The minimum atomic E-state index is -0.618. The second-order valence-electron chi connectivity index (χ2n) is 5.32. The summed E-state index contributed by atoms with van der Waals surface area (Å²) >= 11 is 0. The number of hydrogen-bond acceptors (Lipinski definition) is 4. The quantitative estimate of drug-likeness (QED) is 0.833. The fourth-order valence-corrected chi connectivity index (χ4v) is 2.37. The largest absolute Gasteiger partial charge is 0.468 e. The fourth-order valence-electron chi connectivity index (χ4n) is 2.37. The van der Waals surface area contributed by atoms with E-state index in [-0.39, 0.29) is 5.97 Å². The van der Waals surface area contributed by atoms with Gasteiger partial charge in [-0.2, -0.15) is 0 Å². The molecule has 0 bridgehead atoms. The summed E-state index contributed by atoms with van der Waals surface area (Å²) in [4.78, 5) is 15.7. The molecule has 0 spiro atoms. The van der Waals surface area contributed by atoms with Gasteiger partial charge in [0.2, 0.25) is 0 Å². The average Bonchev–Trinajstić information content (AvgIpc) is 2.55. The van der Waals surface area contributed by atoms with Gasteiger partial charge in [-0.3, -0.25) is 9.78 Å². The zero-order valence-corrected chi connectivity index (χ0v) is 13.1. The lowest BCUT2D eigenvalue weighted by molar-refractivity contribution is -0.142. The van der Waals surface area contributed by atoms with Crippen LogP contribution in [0.5, 0.6) is 0 Å². The smallest absolute Gasteiger partial charge is 0.322 e. The van der Waals surface area contributed by atoms with Crippen LogP contribution in [0.4, 0.5) is 0 Å². The van der Waals surface area contributed by atoms with E-state index in [4.69, 9.17) is 5.73 Å². The number of benzene rings is 1. The second kappa shape index (κ2) is 7.71. The molecule has 0 aliphatic rings. The van der Waals surface area contributed by atoms with Gasteiger partial charge in [-0.25, -0.2) is 0 Å². The first-order valence-corrected chi connectivity index (χ1v) is 7.51. The lowest BCUT2D eigenvalue weighted by Gasteiger charge is -2.10. The molecule has 1 atom stereocenters. The topological polar surface area (TPSA) is 65.2 Å². The number of nitrogens with zero attached hydrogens (tertiary/aromatic N) is 1. The Balaban J connectivity index is 2.11. The molecule has 2 N–H and O–H groups in total. The van der Waals surface area contributed by atoms with Crippen LogP contribution in [0, 0.1) is 0 Å². The zero-order valence-electron chi connectivity index (χ0n) is 13.1. The maximum atomic E-state index is 11.3. The Morgan fingerprint density at radius 2 is 1.95 bits per heavy atom. The molecule has 0 amide bonds. The number of carbonyl (C=O) groups is 1. The molecule has 0 saturated heterocycles. The lowest BCUT2D eigenvalue weighted by atomic mass is 10.0. The van der Waals surface area contributed by atoms with E-state index in [1.54, 1.807) is 0 Å². The van der Waals surface area contributed by atoms with Crippen LogP contribution < -0.4 is 5.73 Å². The molecule has 1 aromatic carbocycles. The van der Waals surface area contributed by atoms with Crippen LogP contribution in [-0.4, -0.2) is 24.1 Å². The first-order valence-electron chi connectivity index (χ1n) is 7.51. The maximum Gasteiger partial charge on any atom is 0.322 e. The maximum absolute atomic E-state index is 11.3. The molecule has 2 aromatic rings. The molecule has 0 fully saturated rings. The van der Waals surface area contributed by atoms with Crippen LogP contribution in [0.15, 0.2) is 42.6 Å². The van der Waals surface area contributed by atoms with Crippen molar-refractivity contribution in [1.29, 1.82) is 0 Å². The van der Waals surface area contributed by atoms with Gasteiger partial charge in [-0.05, 0) is 41.7 Å². The molecule has 4 nitrogen and oxygen atoms in total. The van der Waals surface area contributed by atoms with Crippen LogP contribution in [-0.2, 0) is 22.4 Å². The minimum Gasteiger partial charge on any atom is -0.468 e. The van der Waals surface area contributed by atoms with Crippen LogP contribution in [0.1, 0.15) is 24.6 Å². The normalized spacial score (nSPS) is 12.0. The Kier molecular flexibility index (Phi) is 5.67. The van der Waals surface area contributed by atoms with Crippen LogP contribution in [0.2, 0.25) is 0 Å². The molecule has 0 saturated carbocycles. The van der Waals surface area contributed by atoms with Crippen molar-refractivity contribution in [3.63, 3.8) is 0 Å². The van der Waals surface area contributed by atoms with Gasteiger partial charge in [0.25, 0.3) is 0 Å². The third-order valence-electron chi connectivity index (χ3n) is 3.57. The Labute approximate surface area is 131 Å². The second-order valence-corrected chi connectivity index (χ2v) is 5.32. The van der Waals surface area contributed by atoms with E-state index in [1.807, 2.05) is 36.5 Å². The number of aryl methyl sites for hydroxylation is 1. The third-order valence-corrected chi connectivity index (χ3v) is 3.57. The standard InChI is InChI=1S/C18H22N2O2/c1-3-4-16-12-15(9-10-20-16)14-7-5-13(6-8-14)11-17(19)18(21)22-2/h5-10,12,17H,3-4,11,19H2,1-2H3/t17-/m0/s1. The number of rotatable bonds is 6. The molecule has 0 radical (unpaired) electrons. The molecule has 4 heteroatoms. The van der Waals surface area contributed by atoms with Crippen molar-refractivity contribution in [3.8, 4) is 11.1 Å². The Morgan fingerprint density at radius 3 is 2.59 bits per heavy atom. The third kappa shape index (κ3) is 4.15. The summed E-state index contributed by atoms with van der Waals surface area (Å²) in [7, 11) is 1.35. The molecule has 116 valence electrons. The molecule has 1 aromatic heterocycles. The molecule has 2 rings (SSSR count). The monoisotopic (exact) mass is 298 g/mol. The van der Waals surface area contributed by atoms with Crippen molar-refractivity contribution in [1.82, 2.24) is 4.98 Å². The molecule has 1 heterocycles. The van der Waals surface area contributed by atoms with Crippen molar-refractivity contribution in [2.45, 2.75) is 32.2 Å². The minimum absolute atomic E-state index is 0.387. The highest BCUT2D eigenvalue weighted by Crippen LogP contribution is 2.21. The van der Waals surface area contributed by atoms with Crippen LogP contribution >= 0.6 is 0 Å². The number of ether oxygens (including phenoxy) is 1. The number of carbonyl (C=O) groups excluding carboxylic acids is 1. The van der Waals surface area contributed by atoms with Crippen LogP contribution in [0.3, 0.4) is 0 Å². The number of esters is 1. The van der Waals surface area contributed by atoms with E-state index in [2.05, 4.69) is 22.7 Å². The molecular weight excluding hydrogens is 276 g/mol. The highest BCUT2D eigenvalue weighted by molar-refractivity contribution is 5.75. The predicted molar refractivity (Wildman–Crippen MR) is 87.4 cm³/mol. The highest BCUT2D eigenvalue weighted by atomic mass is 16.5. The van der Waals surface area contributed by atoms with Crippen molar-refractivity contribution in [2.24, 2.45) is 5.73 Å². The van der Waals surface area contributed by atoms with Gasteiger partial charge in [0.05, 0.1) is 7.11 Å². The highest BCUT2D eigenvalue weighted by Gasteiger charge is 2.14. The van der Waals surface area contributed by atoms with E-state index in [9.17, 15) is 4.79 Å². The van der Waals surface area contributed by atoms with E-state index < -0.39 is 6.04 Å². The zero-order chi connectivity index (χ0) is 15.9. The van der Waals surface area contributed by atoms with Gasteiger partial charge in [0.15, 0.2) is 0 Å². The van der Waals surface area contributed by atoms with Gasteiger partial charge in [-0.15, -0.1) is 0 Å². The molecule has 0 unspecified atom stereocenters. The lowest BCUT2D eigenvalue weighted by Crippen LogP contribution is -2.33. The predicted octanol–water partition coefficient (Wildman–Crippen LogP) is 2.74. The Morgan fingerprint density at radius 1 is 1.23 bits per heavy atom. The SMILES string of the molecule is CCCc1cc(-c2ccc(C[C@H](N)C(=O)OC)cc2)ccn1. The fraction of sp³-hybridized carbons (Fsp3) is 0.333. The van der Waals surface area contributed by atoms with E-state index in [1.165, 1.54) is 7.11 Å². The first kappa shape index (κ1) is 16.2. The van der Waals surface area contributed by atoms with E-state index in [0.717, 1.165) is 35.2 Å². The molecule has 22 heavy (non-hydrogen) atoms. The average molecular weight is 298 g/mol. The summed E-state index contributed by atoms with van der Waals surface area (Å²) in [5.74, 6) is -0.387. The van der Waals surface area contributed by atoms with Crippen molar-refractivity contribution in [2.75, 3.05) is 7.11 Å². The van der Waals surface area contributed by atoms with Crippen LogP contribution in [0.25, 0.3) is 11.1 Å². The van der Waals surface area contributed by atoms with Gasteiger partial charge < -0.3 is 10.5 Å². The van der Waals surface area contributed by atoms with Crippen molar-refractivity contribution >= 4 is 5.97 Å². The Bertz CT molecular complexity index is 623. The number of pyridine rings is 1. The van der Waals surface area contributed by atoms with Crippen molar-refractivity contribution < 1.29 is 9.53 Å². The number of methoxy groups -OCH3 is 1. The van der Waals surface area contributed by atoms with Gasteiger partial charge in [-0.1, -0.05) is 37.6 Å². The first-order chi connectivity index (χ1) is 10.6. The summed E-state index contributed by atoms with van der Waals surface area (Å²) in [5.41, 5.74) is 10.2. The molecular formula is C18H22N2O2. The number of nitrogens with two attached hydrogens (primary N) is 1.